The van der Waals surface area contributed by atoms with Crippen molar-refractivity contribution >= 4 is 11.9 Å². The highest BCUT2D eigenvalue weighted by Gasteiger charge is 2.09. The van der Waals surface area contributed by atoms with Gasteiger partial charge in [-0.15, -0.1) is 0 Å². The van der Waals surface area contributed by atoms with Crippen LogP contribution in [0.25, 0.3) is 0 Å². The molecule has 0 saturated heterocycles. The molecule has 0 fully saturated rings. The number of carboxylic acids is 1. The van der Waals surface area contributed by atoms with Crippen LogP contribution < -0.4 is 10.1 Å². The van der Waals surface area contributed by atoms with E-state index < -0.39 is 5.97 Å². The maximum Gasteiger partial charge on any atom is 0.303 e. The lowest BCUT2D eigenvalue weighted by molar-refractivity contribution is -0.137. The van der Waals surface area contributed by atoms with Gasteiger partial charge < -0.3 is 15.2 Å². The van der Waals surface area contributed by atoms with Crippen LogP contribution in [0.4, 0.5) is 0 Å². The highest BCUT2D eigenvalue weighted by Crippen LogP contribution is 2.17. The number of amides is 1. The Kier molecular flexibility index (Phi) is 7.29. The number of hydrogen-bond donors (Lipinski definition) is 2. The minimum Gasteiger partial charge on any atom is -0.496 e. The van der Waals surface area contributed by atoms with E-state index in [1.54, 1.807) is 7.11 Å². The second-order valence-corrected chi connectivity index (χ2v) is 5.16. The second kappa shape index (κ2) is 9.00. The molecule has 0 heterocycles. The normalized spacial score (nSPS) is 11.7. The molecule has 1 unspecified atom stereocenters. The molecule has 1 aromatic rings. The highest BCUT2D eigenvalue weighted by atomic mass is 16.5. The second-order valence-electron chi connectivity index (χ2n) is 5.16. The molecule has 21 heavy (non-hydrogen) atoms. The lowest BCUT2D eigenvalue weighted by atomic mass is 10.0. The number of benzene rings is 1. The van der Waals surface area contributed by atoms with Crippen molar-refractivity contribution in [2.45, 2.75) is 32.6 Å². The molecule has 0 aromatic heterocycles. The molecule has 1 rings (SSSR count). The fourth-order valence-electron chi connectivity index (χ4n) is 2.06. The minimum atomic E-state index is -0.776. The zero-order valence-corrected chi connectivity index (χ0v) is 12.6. The topological polar surface area (TPSA) is 75.6 Å². The van der Waals surface area contributed by atoms with Gasteiger partial charge in [-0.05, 0) is 24.8 Å². The first-order valence-electron chi connectivity index (χ1n) is 7.13. The third-order valence-corrected chi connectivity index (χ3v) is 3.35. The molecule has 116 valence electrons. The lowest BCUT2D eigenvalue weighted by Crippen LogP contribution is -2.27. The van der Waals surface area contributed by atoms with E-state index >= 15 is 0 Å². The van der Waals surface area contributed by atoms with E-state index in [-0.39, 0.29) is 24.7 Å². The van der Waals surface area contributed by atoms with Crippen molar-refractivity contribution in [2.24, 2.45) is 5.92 Å². The average molecular weight is 293 g/mol. The van der Waals surface area contributed by atoms with Crippen LogP contribution in [0, 0.1) is 5.92 Å². The van der Waals surface area contributed by atoms with Gasteiger partial charge in [-0.1, -0.05) is 25.1 Å². The number of ether oxygens (including phenoxy) is 1. The van der Waals surface area contributed by atoms with Crippen LogP contribution in [-0.4, -0.2) is 30.6 Å². The first-order chi connectivity index (χ1) is 10.0. The summed E-state index contributed by atoms with van der Waals surface area (Å²) in [6, 6.07) is 7.44. The van der Waals surface area contributed by atoms with E-state index in [1.165, 1.54) is 0 Å². The van der Waals surface area contributed by atoms with Crippen molar-refractivity contribution in [3.63, 3.8) is 0 Å². The maximum absolute atomic E-state index is 11.9. The molecule has 0 saturated carbocycles. The van der Waals surface area contributed by atoms with Gasteiger partial charge in [0.1, 0.15) is 5.75 Å². The Morgan fingerprint density at radius 2 is 2.00 bits per heavy atom. The van der Waals surface area contributed by atoms with Gasteiger partial charge in [0.25, 0.3) is 0 Å². The molecular weight excluding hydrogens is 270 g/mol. The van der Waals surface area contributed by atoms with Crippen molar-refractivity contribution < 1.29 is 19.4 Å². The van der Waals surface area contributed by atoms with Crippen LogP contribution in [0.2, 0.25) is 0 Å². The summed E-state index contributed by atoms with van der Waals surface area (Å²) in [5, 5.41) is 11.5. The molecule has 0 aliphatic carbocycles. The first-order valence-corrected chi connectivity index (χ1v) is 7.13. The van der Waals surface area contributed by atoms with Gasteiger partial charge in [0, 0.05) is 18.5 Å². The summed E-state index contributed by atoms with van der Waals surface area (Å²) in [7, 11) is 1.58. The molecule has 0 bridgehead atoms. The molecular formula is C16H23NO4. The fourth-order valence-corrected chi connectivity index (χ4v) is 2.06. The largest absolute Gasteiger partial charge is 0.496 e. The first kappa shape index (κ1) is 17.0. The van der Waals surface area contributed by atoms with Crippen LogP contribution in [0.3, 0.4) is 0 Å². The summed E-state index contributed by atoms with van der Waals surface area (Å²) in [6.07, 6.45) is 1.88. The van der Waals surface area contributed by atoms with Crippen molar-refractivity contribution in [3.05, 3.63) is 29.8 Å². The third kappa shape index (κ3) is 6.79. The van der Waals surface area contributed by atoms with E-state index in [0.29, 0.717) is 18.7 Å². The van der Waals surface area contributed by atoms with E-state index in [2.05, 4.69) is 5.32 Å². The van der Waals surface area contributed by atoms with Crippen molar-refractivity contribution in [2.75, 3.05) is 13.7 Å². The molecule has 0 spiro atoms. The predicted molar refractivity (Wildman–Crippen MR) is 80.4 cm³/mol. The van der Waals surface area contributed by atoms with E-state index in [1.807, 2.05) is 31.2 Å². The molecule has 0 aliphatic heterocycles. The van der Waals surface area contributed by atoms with E-state index in [4.69, 9.17) is 9.84 Å². The monoisotopic (exact) mass is 293 g/mol. The lowest BCUT2D eigenvalue weighted by Gasteiger charge is -2.11. The Labute approximate surface area is 125 Å². The van der Waals surface area contributed by atoms with Crippen LogP contribution in [-0.2, 0) is 16.0 Å². The number of carboxylic acid groups (broad SMARTS) is 1. The number of nitrogens with one attached hydrogen (secondary N) is 1. The van der Waals surface area contributed by atoms with Crippen LogP contribution >= 0.6 is 0 Å². The van der Waals surface area contributed by atoms with E-state index in [0.717, 1.165) is 12.0 Å². The van der Waals surface area contributed by atoms with Crippen LogP contribution in [0.15, 0.2) is 24.3 Å². The SMILES string of the molecule is COc1ccccc1CC(=O)NCCC(C)CCC(=O)O. The van der Waals surface area contributed by atoms with Gasteiger partial charge in [0.05, 0.1) is 13.5 Å². The highest BCUT2D eigenvalue weighted by molar-refractivity contribution is 5.79. The fraction of sp³-hybridized carbons (Fsp3) is 0.500. The van der Waals surface area contributed by atoms with Crippen LogP contribution in [0.1, 0.15) is 31.7 Å². The van der Waals surface area contributed by atoms with Gasteiger partial charge in [0.15, 0.2) is 0 Å². The number of methoxy groups -OCH3 is 1. The molecule has 1 amide bonds. The number of para-hydroxylation sites is 1. The summed E-state index contributed by atoms with van der Waals surface area (Å²) in [6.45, 7) is 2.56. The van der Waals surface area contributed by atoms with Gasteiger partial charge in [-0.3, -0.25) is 9.59 Å². The summed E-state index contributed by atoms with van der Waals surface area (Å²) < 4.78 is 5.21. The smallest absolute Gasteiger partial charge is 0.303 e. The summed E-state index contributed by atoms with van der Waals surface area (Å²) in [4.78, 5) is 22.3. The minimum absolute atomic E-state index is 0.0510. The maximum atomic E-state index is 11.9. The number of hydrogen-bond acceptors (Lipinski definition) is 3. The Hall–Kier alpha value is -2.04. The standard InChI is InChI=1S/C16H23NO4/c1-12(7-8-16(19)20)9-10-17-15(18)11-13-5-3-4-6-14(13)21-2/h3-6,12H,7-11H2,1-2H3,(H,17,18)(H,19,20). The Balaban J connectivity index is 2.29. The van der Waals surface area contributed by atoms with Gasteiger partial charge in [-0.2, -0.15) is 0 Å². The zero-order chi connectivity index (χ0) is 15.7. The van der Waals surface area contributed by atoms with Gasteiger partial charge in [-0.25, -0.2) is 0 Å². The van der Waals surface area contributed by atoms with Crippen molar-refractivity contribution in [1.82, 2.24) is 5.32 Å². The quantitative estimate of drug-likeness (QED) is 0.732. The van der Waals surface area contributed by atoms with Gasteiger partial charge >= 0.3 is 5.97 Å². The molecule has 1 aromatic carbocycles. The Bertz CT molecular complexity index is 473. The molecule has 1 atom stereocenters. The molecule has 5 nitrogen and oxygen atoms in total. The zero-order valence-electron chi connectivity index (χ0n) is 12.6. The number of carbonyl (C=O) groups excluding carboxylic acids is 1. The number of carbonyl (C=O) groups is 2. The van der Waals surface area contributed by atoms with Crippen LogP contribution in [0.5, 0.6) is 5.75 Å². The predicted octanol–water partition coefficient (Wildman–Crippen LogP) is 2.24. The summed E-state index contributed by atoms with van der Waals surface area (Å²) >= 11 is 0. The molecule has 5 heteroatoms. The van der Waals surface area contributed by atoms with Gasteiger partial charge in [0.2, 0.25) is 5.91 Å². The average Bonchev–Trinajstić information content (AvgIpc) is 2.45. The Morgan fingerprint density at radius 3 is 2.67 bits per heavy atom. The number of rotatable bonds is 9. The summed E-state index contributed by atoms with van der Waals surface area (Å²) in [5.41, 5.74) is 0.858. The molecule has 2 N–H and O–H groups in total. The van der Waals surface area contributed by atoms with Crippen molar-refractivity contribution in [3.8, 4) is 5.75 Å². The van der Waals surface area contributed by atoms with E-state index in [9.17, 15) is 9.59 Å². The molecule has 0 aliphatic rings. The molecule has 0 radical (unpaired) electrons. The van der Waals surface area contributed by atoms with Crippen molar-refractivity contribution in [1.29, 1.82) is 0 Å². The Morgan fingerprint density at radius 1 is 1.29 bits per heavy atom. The third-order valence-electron chi connectivity index (χ3n) is 3.35. The summed E-state index contributed by atoms with van der Waals surface area (Å²) in [5.74, 6) is 0.169. The number of aliphatic carboxylic acids is 1.